The lowest BCUT2D eigenvalue weighted by molar-refractivity contribution is -0.136. The number of allylic oxidation sites excluding steroid dienone is 1. The van der Waals surface area contributed by atoms with Crippen molar-refractivity contribution in [3.63, 3.8) is 0 Å². The van der Waals surface area contributed by atoms with Gasteiger partial charge in [-0.25, -0.2) is 14.2 Å². The summed E-state index contributed by atoms with van der Waals surface area (Å²) in [5.41, 5.74) is 1.65. The molecule has 1 unspecified atom stereocenters. The van der Waals surface area contributed by atoms with E-state index in [4.69, 9.17) is 9.47 Å². The molecule has 1 aromatic carbocycles. The Balaban J connectivity index is 1.97. The minimum atomic E-state index is -0.774. The molecule has 1 amide bonds. The van der Waals surface area contributed by atoms with Gasteiger partial charge in [-0.15, -0.1) is 0 Å². The third kappa shape index (κ3) is 4.35. The Kier molecular flexibility index (Phi) is 6.71. The molecule has 2 heterocycles. The molecule has 0 radical (unpaired) electrons. The Morgan fingerprint density at radius 3 is 2.76 bits per heavy atom. The fourth-order valence-electron chi connectivity index (χ4n) is 3.25. The molecule has 3 rings (SSSR count). The molecule has 0 aliphatic carbocycles. The number of thioether (sulfide) groups is 1. The minimum absolute atomic E-state index is 0.0637. The fraction of sp³-hybridized carbons (Fsp3) is 0.350. The normalized spacial score (nSPS) is 18.2. The summed E-state index contributed by atoms with van der Waals surface area (Å²) in [7, 11) is 2.83. The van der Waals surface area contributed by atoms with Crippen molar-refractivity contribution in [2.45, 2.75) is 19.4 Å². The average Bonchev–Trinajstić information content (AvgIpc) is 3.09. The number of ether oxygens (including phenoxy) is 2. The first kappa shape index (κ1) is 21.1. The number of fused-ring (bicyclic) bond motifs is 1. The highest BCUT2D eigenvalue weighted by molar-refractivity contribution is 8.16. The summed E-state index contributed by atoms with van der Waals surface area (Å²) in [6.07, 6.45) is 0.0637. The summed E-state index contributed by atoms with van der Waals surface area (Å²) in [6, 6.07) is 5.49. The highest BCUT2D eigenvalue weighted by Gasteiger charge is 2.41. The van der Waals surface area contributed by atoms with Crippen molar-refractivity contribution in [1.29, 1.82) is 0 Å². The number of carbonyl (C=O) groups is 2. The van der Waals surface area contributed by atoms with Crippen LogP contribution in [-0.4, -0.2) is 49.3 Å². The van der Waals surface area contributed by atoms with Crippen LogP contribution in [0.1, 0.15) is 24.9 Å². The third-order valence-corrected chi connectivity index (χ3v) is 5.46. The average molecular weight is 419 g/mol. The van der Waals surface area contributed by atoms with Gasteiger partial charge in [-0.3, -0.25) is 4.79 Å². The molecule has 0 saturated heterocycles. The van der Waals surface area contributed by atoms with Gasteiger partial charge in [0.05, 0.1) is 37.4 Å². The number of halogens is 1. The maximum atomic E-state index is 14.7. The molecule has 0 fully saturated rings. The molecule has 1 atom stereocenters. The second-order valence-corrected chi connectivity index (χ2v) is 7.26. The van der Waals surface area contributed by atoms with Gasteiger partial charge in [-0.05, 0) is 18.4 Å². The predicted molar refractivity (Wildman–Crippen MR) is 108 cm³/mol. The molecule has 0 saturated carbocycles. The molecule has 154 valence electrons. The zero-order chi connectivity index (χ0) is 21.0. The lowest BCUT2D eigenvalue weighted by atomic mass is 9.93. The molecule has 1 aromatic rings. The minimum Gasteiger partial charge on any atom is -0.466 e. The summed E-state index contributed by atoms with van der Waals surface area (Å²) < 4.78 is 24.6. The standard InChI is InChI=1S/C20H22FN3O4S/c1-12-17(19(26)28-3)18(14-6-4-5-7-15(14)21)24-13(11-29-20(24)23-12)10-16(25)22-8-9-27-2/h4-7,11,18H,8-10H2,1-3H3,(H,22,25). The van der Waals surface area contributed by atoms with E-state index < -0.39 is 17.8 Å². The van der Waals surface area contributed by atoms with Crippen molar-refractivity contribution >= 4 is 28.8 Å². The van der Waals surface area contributed by atoms with Gasteiger partial charge in [0, 0.05) is 24.9 Å². The van der Waals surface area contributed by atoms with Gasteiger partial charge in [-0.1, -0.05) is 30.0 Å². The summed E-state index contributed by atoms with van der Waals surface area (Å²) >= 11 is 1.33. The van der Waals surface area contributed by atoms with Crippen LogP contribution >= 0.6 is 11.8 Å². The van der Waals surface area contributed by atoms with Crippen molar-refractivity contribution in [2.75, 3.05) is 27.4 Å². The number of hydrogen-bond acceptors (Lipinski definition) is 7. The van der Waals surface area contributed by atoms with E-state index in [0.29, 0.717) is 35.3 Å². The van der Waals surface area contributed by atoms with E-state index in [0.717, 1.165) is 0 Å². The molecule has 0 aromatic heterocycles. The molecule has 0 spiro atoms. The lowest BCUT2D eigenvalue weighted by Crippen LogP contribution is -2.38. The van der Waals surface area contributed by atoms with Crippen LogP contribution in [-0.2, 0) is 19.1 Å². The molecule has 0 bridgehead atoms. The first-order valence-corrected chi connectivity index (χ1v) is 9.88. The highest BCUT2D eigenvalue weighted by Crippen LogP contribution is 2.45. The number of nitrogens with one attached hydrogen (secondary N) is 1. The maximum absolute atomic E-state index is 14.7. The molecule has 7 nitrogen and oxygen atoms in total. The van der Waals surface area contributed by atoms with Crippen LogP contribution < -0.4 is 5.32 Å². The zero-order valence-corrected chi connectivity index (χ0v) is 17.2. The largest absolute Gasteiger partial charge is 0.466 e. The molecular weight excluding hydrogens is 397 g/mol. The van der Waals surface area contributed by atoms with E-state index >= 15 is 0 Å². The zero-order valence-electron chi connectivity index (χ0n) is 16.4. The van der Waals surface area contributed by atoms with Gasteiger partial charge in [0.2, 0.25) is 5.91 Å². The fourth-order valence-corrected chi connectivity index (χ4v) is 4.22. The Morgan fingerprint density at radius 1 is 1.31 bits per heavy atom. The predicted octanol–water partition coefficient (Wildman–Crippen LogP) is 2.73. The monoisotopic (exact) mass is 419 g/mol. The van der Waals surface area contributed by atoms with E-state index in [1.807, 2.05) is 0 Å². The Bertz CT molecular complexity index is 913. The van der Waals surface area contributed by atoms with E-state index in [9.17, 15) is 14.0 Å². The SMILES string of the molecule is COCCNC(=O)CC1=CSC2=NC(C)=C(C(=O)OC)C(c3ccccc3F)N12. The van der Waals surface area contributed by atoms with E-state index in [1.54, 1.807) is 42.5 Å². The number of benzene rings is 1. The molecule has 2 aliphatic rings. The maximum Gasteiger partial charge on any atom is 0.338 e. The van der Waals surface area contributed by atoms with Gasteiger partial charge < -0.3 is 19.7 Å². The Hall–Kier alpha value is -2.65. The number of esters is 1. The summed E-state index contributed by atoms with van der Waals surface area (Å²) in [4.78, 5) is 31.1. The summed E-state index contributed by atoms with van der Waals surface area (Å²) in [6.45, 7) is 2.49. The van der Waals surface area contributed by atoms with Gasteiger partial charge in [0.25, 0.3) is 0 Å². The van der Waals surface area contributed by atoms with E-state index in [2.05, 4.69) is 10.3 Å². The molecule has 29 heavy (non-hydrogen) atoms. The van der Waals surface area contributed by atoms with Gasteiger partial charge in [0.15, 0.2) is 5.17 Å². The van der Waals surface area contributed by atoms with E-state index in [1.165, 1.54) is 24.9 Å². The van der Waals surface area contributed by atoms with Crippen molar-refractivity contribution in [3.05, 3.63) is 58.0 Å². The van der Waals surface area contributed by atoms with Crippen LogP contribution in [0.5, 0.6) is 0 Å². The molecule has 2 aliphatic heterocycles. The molecule has 9 heteroatoms. The number of aliphatic imine (C=N–C) groups is 1. The number of carbonyl (C=O) groups excluding carboxylic acids is 2. The third-order valence-electron chi connectivity index (χ3n) is 4.58. The van der Waals surface area contributed by atoms with Crippen LogP contribution in [0, 0.1) is 5.82 Å². The smallest absolute Gasteiger partial charge is 0.338 e. The second kappa shape index (κ2) is 9.23. The highest BCUT2D eigenvalue weighted by atomic mass is 32.2. The van der Waals surface area contributed by atoms with Crippen molar-refractivity contribution < 1.29 is 23.5 Å². The van der Waals surface area contributed by atoms with Gasteiger partial charge >= 0.3 is 5.97 Å². The van der Waals surface area contributed by atoms with Gasteiger partial charge in [-0.2, -0.15) is 0 Å². The van der Waals surface area contributed by atoms with Crippen LogP contribution in [0.3, 0.4) is 0 Å². The second-order valence-electron chi connectivity index (χ2n) is 6.43. The van der Waals surface area contributed by atoms with Crippen LogP contribution in [0.2, 0.25) is 0 Å². The van der Waals surface area contributed by atoms with Crippen molar-refractivity contribution in [3.8, 4) is 0 Å². The molecule has 1 N–H and O–H groups in total. The number of nitrogens with zero attached hydrogens (tertiary/aromatic N) is 2. The van der Waals surface area contributed by atoms with Gasteiger partial charge in [0.1, 0.15) is 5.82 Å². The Labute approximate surface area is 172 Å². The van der Waals surface area contributed by atoms with Crippen LogP contribution in [0.15, 0.2) is 51.6 Å². The summed E-state index contributed by atoms with van der Waals surface area (Å²) in [5.74, 6) is -1.23. The summed E-state index contributed by atoms with van der Waals surface area (Å²) in [5, 5.41) is 5.16. The van der Waals surface area contributed by atoms with Crippen molar-refractivity contribution in [2.24, 2.45) is 4.99 Å². The number of amides is 1. The first-order chi connectivity index (χ1) is 14.0. The lowest BCUT2D eigenvalue weighted by Gasteiger charge is -2.36. The number of amidine groups is 1. The number of rotatable bonds is 7. The van der Waals surface area contributed by atoms with Crippen LogP contribution in [0.25, 0.3) is 0 Å². The number of methoxy groups -OCH3 is 2. The van der Waals surface area contributed by atoms with Crippen LogP contribution in [0.4, 0.5) is 4.39 Å². The quantitative estimate of drug-likeness (QED) is 0.541. The van der Waals surface area contributed by atoms with Crippen molar-refractivity contribution in [1.82, 2.24) is 10.2 Å². The Morgan fingerprint density at radius 2 is 2.07 bits per heavy atom. The van der Waals surface area contributed by atoms with E-state index in [-0.39, 0.29) is 17.9 Å². The number of hydrogen-bond donors (Lipinski definition) is 1. The first-order valence-electron chi connectivity index (χ1n) is 9.00. The topological polar surface area (TPSA) is 80.2 Å². The molecular formula is C20H22FN3O4S.